The van der Waals surface area contributed by atoms with Crippen molar-refractivity contribution < 1.29 is 4.39 Å². The van der Waals surface area contributed by atoms with Crippen molar-refractivity contribution in [3.63, 3.8) is 0 Å². The van der Waals surface area contributed by atoms with Crippen LogP contribution in [0.4, 0.5) is 10.2 Å². The molecule has 0 N–H and O–H groups in total. The Kier molecular flexibility index (Phi) is 3.04. The summed E-state index contributed by atoms with van der Waals surface area (Å²) in [4.78, 5) is 6.69. The van der Waals surface area contributed by atoms with E-state index in [1.807, 2.05) is 12.1 Å². The molecule has 0 unspecified atom stereocenters. The van der Waals surface area contributed by atoms with E-state index in [1.54, 1.807) is 6.07 Å². The number of halogens is 1. The van der Waals surface area contributed by atoms with Crippen molar-refractivity contribution >= 4 is 16.7 Å². The second-order valence-corrected chi connectivity index (χ2v) is 3.68. The summed E-state index contributed by atoms with van der Waals surface area (Å²) in [5.41, 5.74) is 0.839. The molecule has 3 heteroatoms. The van der Waals surface area contributed by atoms with Crippen molar-refractivity contribution in [3.8, 4) is 0 Å². The standard InChI is InChI=1S/C13H15FN2/c1-3-16(4-2)13-8-5-10-9-11(14)6-7-12(10)15-13/h5-9H,3-4H2,1-2H3. The molecule has 2 aromatic rings. The van der Waals surface area contributed by atoms with Crippen LogP contribution in [0.25, 0.3) is 10.9 Å². The molecule has 0 saturated heterocycles. The molecule has 2 nitrogen and oxygen atoms in total. The topological polar surface area (TPSA) is 16.1 Å². The Morgan fingerprint density at radius 1 is 1.12 bits per heavy atom. The van der Waals surface area contributed by atoms with E-state index in [1.165, 1.54) is 12.1 Å². The summed E-state index contributed by atoms with van der Waals surface area (Å²) in [7, 11) is 0. The summed E-state index contributed by atoms with van der Waals surface area (Å²) in [5, 5.41) is 0.843. The van der Waals surface area contributed by atoms with Gasteiger partial charge < -0.3 is 4.90 Å². The number of benzene rings is 1. The SMILES string of the molecule is CCN(CC)c1ccc2cc(F)ccc2n1. The first-order valence-corrected chi connectivity index (χ1v) is 5.56. The molecule has 0 radical (unpaired) electrons. The third kappa shape index (κ3) is 1.98. The van der Waals surface area contributed by atoms with Crippen molar-refractivity contribution in [2.75, 3.05) is 18.0 Å². The van der Waals surface area contributed by atoms with Crippen LogP contribution in [0.3, 0.4) is 0 Å². The van der Waals surface area contributed by atoms with Crippen LogP contribution in [0.1, 0.15) is 13.8 Å². The molecule has 0 fully saturated rings. The van der Waals surface area contributed by atoms with Gasteiger partial charge in [-0.15, -0.1) is 0 Å². The minimum Gasteiger partial charge on any atom is -0.357 e. The van der Waals surface area contributed by atoms with Gasteiger partial charge in [0, 0.05) is 18.5 Å². The average Bonchev–Trinajstić information content (AvgIpc) is 2.31. The summed E-state index contributed by atoms with van der Waals surface area (Å²) >= 11 is 0. The van der Waals surface area contributed by atoms with Crippen molar-refractivity contribution in [2.45, 2.75) is 13.8 Å². The van der Waals surface area contributed by atoms with Gasteiger partial charge in [-0.25, -0.2) is 9.37 Å². The van der Waals surface area contributed by atoms with Gasteiger partial charge in [0.15, 0.2) is 0 Å². The van der Waals surface area contributed by atoms with Gasteiger partial charge in [-0.3, -0.25) is 0 Å². The molecule has 0 aliphatic heterocycles. The second kappa shape index (κ2) is 4.47. The molecule has 0 bridgehead atoms. The molecule has 0 saturated carbocycles. The van der Waals surface area contributed by atoms with Crippen LogP contribution in [0, 0.1) is 5.82 Å². The molecule has 0 atom stereocenters. The number of fused-ring (bicyclic) bond motifs is 1. The summed E-state index contributed by atoms with van der Waals surface area (Å²) in [6.45, 7) is 6.05. The Bertz CT molecular complexity index is 492. The quantitative estimate of drug-likeness (QED) is 0.786. The molecule has 1 aromatic heterocycles. The van der Waals surface area contributed by atoms with Crippen LogP contribution >= 0.6 is 0 Å². The molecule has 0 aliphatic carbocycles. The number of aromatic nitrogens is 1. The molecule has 16 heavy (non-hydrogen) atoms. The van der Waals surface area contributed by atoms with E-state index >= 15 is 0 Å². The van der Waals surface area contributed by atoms with E-state index in [-0.39, 0.29) is 5.82 Å². The van der Waals surface area contributed by atoms with E-state index in [0.29, 0.717) is 0 Å². The van der Waals surface area contributed by atoms with E-state index < -0.39 is 0 Å². The number of hydrogen-bond donors (Lipinski definition) is 0. The molecular formula is C13H15FN2. The predicted octanol–water partition coefficient (Wildman–Crippen LogP) is 3.22. The fourth-order valence-electron chi connectivity index (χ4n) is 1.81. The van der Waals surface area contributed by atoms with Crippen LogP contribution in [-0.4, -0.2) is 18.1 Å². The first kappa shape index (κ1) is 10.9. The highest BCUT2D eigenvalue weighted by Gasteiger charge is 2.04. The third-order valence-electron chi connectivity index (χ3n) is 2.72. The van der Waals surface area contributed by atoms with Crippen molar-refractivity contribution in [2.24, 2.45) is 0 Å². The number of anilines is 1. The molecule has 0 aliphatic rings. The summed E-state index contributed by atoms with van der Waals surface area (Å²) < 4.78 is 13.0. The lowest BCUT2D eigenvalue weighted by molar-refractivity contribution is 0.629. The Morgan fingerprint density at radius 2 is 1.88 bits per heavy atom. The number of rotatable bonds is 3. The van der Waals surface area contributed by atoms with Gasteiger partial charge in [0.05, 0.1) is 5.52 Å². The van der Waals surface area contributed by atoms with Crippen molar-refractivity contribution in [1.29, 1.82) is 0 Å². The van der Waals surface area contributed by atoms with Crippen LogP contribution < -0.4 is 4.90 Å². The van der Waals surface area contributed by atoms with Gasteiger partial charge in [-0.1, -0.05) is 0 Å². The van der Waals surface area contributed by atoms with Gasteiger partial charge >= 0.3 is 0 Å². The lowest BCUT2D eigenvalue weighted by Gasteiger charge is -2.19. The maximum atomic E-state index is 13.0. The van der Waals surface area contributed by atoms with Gasteiger partial charge in [0.2, 0.25) is 0 Å². The van der Waals surface area contributed by atoms with Gasteiger partial charge in [-0.05, 0) is 44.2 Å². The monoisotopic (exact) mass is 218 g/mol. The van der Waals surface area contributed by atoms with Gasteiger partial charge in [0.25, 0.3) is 0 Å². The second-order valence-electron chi connectivity index (χ2n) is 3.68. The molecule has 0 spiro atoms. The first-order chi connectivity index (χ1) is 7.74. The molecule has 0 amide bonds. The third-order valence-corrected chi connectivity index (χ3v) is 2.72. The average molecular weight is 218 g/mol. The fraction of sp³-hybridized carbons (Fsp3) is 0.308. The largest absolute Gasteiger partial charge is 0.357 e. The highest BCUT2D eigenvalue weighted by Crippen LogP contribution is 2.18. The molecule has 1 heterocycles. The smallest absolute Gasteiger partial charge is 0.129 e. The molecular weight excluding hydrogens is 203 g/mol. The Balaban J connectivity index is 2.47. The lowest BCUT2D eigenvalue weighted by atomic mass is 10.2. The zero-order valence-electron chi connectivity index (χ0n) is 9.57. The maximum absolute atomic E-state index is 13.0. The zero-order valence-corrected chi connectivity index (χ0v) is 9.57. The molecule has 2 rings (SSSR count). The zero-order chi connectivity index (χ0) is 11.5. The van der Waals surface area contributed by atoms with Crippen molar-refractivity contribution in [3.05, 3.63) is 36.1 Å². The van der Waals surface area contributed by atoms with Crippen molar-refractivity contribution in [1.82, 2.24) is 4.98 Å². The number of pyridine rings is 1. The summed E-state index contributed by atoms with van der Waals surface area (Å²) in [6, 6.07) is 8.53. The van der Waals surface area contributed by atoms with Crippen LogP contribution in [0.15, 0.2) is 30.3 Å². The minimum atomic E-state index is -0.218. The van der Waals surface area contributed by atoms with Gasteiger partial charge in [-0.2, -0.15) is 0 Å². The summed E-state index contributed by atoms with van der Waals surface area (Å²) in [5.74, 6) is 0.731. The van der Waals surface area contributed by atoms with E-state index in [4.69, 9.17) is 0 Å². The van der Waals surface area contributed by atoms with E-state index in [0.717, 1.165) is 29.8 Å². The van der Waals surface area contributed by atoms with Crippen LogP contribution in [0.2, 0.25) is 0 Å². The molecule has 1 aromatic carbocycles. The fourth-order valence-corrected chi connectivity index (χ4v) is 1.81. The number of nitrogens with zero attached hydrogens (tertiary/aromatic N) is 2. The van der Waals surface area contributed by atoms with Crippen LogP contribution in [0.5, 0.6) is 0 Å². The molecule has 84 valence electrons. The highest BCUT2D eigenvalue weighted by atomic mass is 19.1. The Hall–Kier alpha value is -1.64. The first-order valence-electron chi connectivity index (χ1n) is 5.56. The Labute approximate surface area is 94.7 Å². The minimum absolute atomic E-state index is 0.218. The predicted molar refractivity (Wildman–Crippen MR) is 65.3 cm³/mol. The van der Waals surface area contributed by atoms with E-state index in [9.17, 15) is 4.39 Å². The summed E-state index contributed by atoms with van der Waals surface area (Å²) in [6.07, 6.45) is 0. The lowest BCUT2D eigenvalue weighted by Crippen LogP contribution is -2.22. The normalized spacial score (nSPS) is 10.7. The highest BCUT2D eigenvalue weighted by molar-refractivity contribution is 5.80. The van der Waals surface area contributed by atoms with E-state index in [2.05, 4.69) is 23.7 Å². The Morgan fingerprint density at radius 3 is 2.56 bits per heavy atom. The maximum Gasteiger partial charge on any atom is 0.129 e. The number of hydrogen-bond acceptors (Lipinski definition) is 2. The van der Waals surface area contributed by atoms with Gasteiger partial charge in [0.1, 0.15) is 11.6 Å². The van der Waals surface area contributed by atoms with Crippen LogP contribution in [-0.2, 0) is 0 Å².